The third-order valence-corrected chi connectivity index (χ3v) is 3.56. The van der Waals surface area contributed by atoms with Crippen LogP contribution in [0.3, 0.4) is 0 Å². The molecule has 2 nitrogen and oxygen atoms in total. The van der Waals surface area contributed by atoms with Crippen molar-refractivity contribution in [2.24, 2.45) is 0 Å². The lowest BCUT2D eigenvalue weighted by Gasteiger charge is -2.20. The topological polar surface area (TPSA) is 27.0 Å². The van der Waals surface area contributed by atoms with E-state index in [0.717, 1.165) is 12.2 Å². The molecule has 0 fully saturated rings. The first-order chi connectivity index (χ1) is 8.22. The van der Waals surface area contributed by atoms with Crippen LogP contribution in [0.2, 0.25) is 5.02 Å². The van der Waals surface area contributed by atoms with Crippen molar-refractivity contribution in [2.45, 2.75) is 6.54 Å². The standard InChI is InChI=1S/C13H11ClN2S/c1-16(8-10-5-6-17-9-10)13-4-2-3-12(14)11(13)7-15/h2-6,9H,8H2,1H3. The van der Waals surface area contributed by atoms with Crippen molar-refractivity contribution >= 4 is 28.6 Å². The van der Waals surface area contributed by atoms with Crippen LogP contribution < -0.4 is 4.90 Å². The minimum absolute atomic E-state index is 0.502. The molecule has 0 saturated carbocycles. The molecule has 0 aliphatic heterocycles. The van der Waals surface area contributed by atoms with Crippen LogP contribution in [0.5, 0.6) is 0 Å². The predicted molar refractivity (Wildman–Crippen MR) is 72.6 cm³/mol. The summed E-state index contributed by atoms with van der Waals surface area (Å²) in [4.78, 5) is 2.03. The summed E-state index contributed by atoms with van der Waals surface area (Å²) >= 11 is 7.68. The van der Waals surface area contributed by atoms with Gasteiger partial charge in [-0.3, -0.25) is 0 Å². The molecule has 0 amide bonds. The number of halogens is 1. The zero-order chi connectivity index (χ0) is 12.3. The third kappa shape index (κ3) is 2.60. The van der Waals surface area contributed by atoms with Gasteiger partial charge in [-0.05, 0) is 34.5 Å². The van der Waals surface area contributed by atoms with Crippen molar-refractivity contribution in [3.8, 4) is 6.07 Å². The maximum Gasteiger partial charge on any atom is 0.103 e. The number of nitriles is 1. The molecule has 0 spiro atoms. The van der Waals surface area contributed by atoms with Crippen LogP contribution in [0, 0.1) is 11.3 Å². The molecule has 0 aliphatic carbocycles. The molecule has 4 heteroatoms. The van der Waals surface area contributed by atoms with Gasteiger partial charge in [-0.2, -0.15) is 16.6 Å². The second-order valence-electron chi connectivity index (χ2n) is 3.73. The van der Waals surface area contributed by atoms with Gasteiger partial charge in [0.1, 0.15) is 6.07 Å². The van der Waals surface area contributed by atoms with Gasteiger partial charge >= 0.3 is 0 Å². The highest BCUT2D eigenvalue weighted by Crippen LogP contribution is 2.27. The number of thiophene rings is 1. The number of nitrogens with zero attached hydrogens (tertiary/aromatic N) is 2. The second kappa shape index (κ2) is 5.22. The predicted octanol–water partition coefficient (Wildman–Crippen LogP) is 3.91. The Morgan fingerprint density at radius 3 is 2.88 bits per heavy atom. The Balaban J connectivity index is 2.28. The van der Waals surface area contributed by atoms with Gasteiger partial charge in [0.2, 0.25) is 0 Å². The summed E-state index contributed by atoms with van der Waals surface area (Å²) in [6.07, 6.45) is 0. The first-order valence-corrected chi connectivity index (χ1v) is 6.45. The van der Waals surface area contributed by atoms with Crippen LogP contribution in [0.15, 0.2) is 35.0 Å². The fourth-order valence-electron chi connectivity index (χ4n) is 1.68. The largest absolute Gasteiger partial charge is 0.369 e. The first-order valence-electron chi connectivity index (χ1n) is 5.13. The number of benzene rings is 1. The summed E-state index contributed by atoms with van der Waals surface area (Å²) in [7, 11) is 1.96. The van der Waals surface area contributed by atoms with E-state index in [1.807, 2.05) is 29.5 Å². The molecule has 0 aliphatic rings. The average Bonchev–Trinajstić information content (AvgIpc) is 2.81. The zero-order valence-electron chi connectivity index (χ0n) is 9.35. The van der Waals surface area contributed by atoms with Crippen LogP contribution in [-0.4, -0.2) is 7.05 Å². The fraction of sp³-hybridized carbons (Fsp3) is 0.154. The summed E-state index contributed by atoms with van der Waals surface area (Å²) < 4.78 is 0. The Hall–Kier alpha value is -1.50. The molecule has 2 rings (SSSR count). The molecule has 86 valence electrons. The van der Waals surface area contributed by atoms with Crippen molar-refractivity contribution in [1.82, 2.24) is 0 Å². The van der Waals surface area contributed by atoms with Gasteiger partial charge in [-0.25, -0.2) is 0 Å². The molecule has 1 aromatic carbocycles. The van der Waals surface area contributed by atoms with Gasteiger partial charge in [0.25, 0.3) is 0 Å². The normalized spacial score (nSPS) is 9.94. The van der Waals surface area contributed by atoms with Crippen LogP contribution in [0.25, 0.3) is 0 Å². The summed E-state index contributed by atoms with van der Waals surface area (Å²) in [6.45, 7) is 0.776. The zero-order valence-corrected chi connectivity index (χ0v) is 10.9. The highest BCUT2D eigenvalue weighted by Gasteiger charge is 2.10. The number of hydrogen-bond acceptors (Lipinski definition) is 3. The quantitative estimate of drug-likeness (QED) is 0.839. The smallest absolute Gasteiger partial charge is 0.103 e. The van der Waals surface area contributed by atoms with Crippen molar-refractivity contribution in [3.63, 3.8) is 0 Å². The van der Waals surface area contributed by atoms with E-state index in [9.17, 15) is 0 Å². The Bertz CT molecular complexity index is 543. The Kier molecular flexibility index (Phi) is 3.68. The molecule has 1 aromatic heterocycles. The number of anilines is 1. The third-order valence-electron chi connectivity index (χ3n) is 2.51. The molecule has 0 radical (unpaired) electrons. The van der Waals surface area contributed by atoms with Crippen molar-refractivity contribution in [3.05, 3.63) is 51.2 Å². The molecular formula is C13H11ClN2S. The molecule has 0 saturated heterocycles. The van der Waals surface area contributed by atoms with E-state index in [0.29, 0.717) is 10.6 Å². The van der Waals surface area contributed by atoms with Crippen molar-refractivity contribution in [1.29, 1.82) is 5.26 Å². The molecule has 0 unspecified atom stereocenters. The SMILES string of the molecule is CN(Cc1ccsc1)c1cccc(Cl)c1C#N. The van der Waals surface area contributed by atoms with Crippen LogP contribution in [0.4, 0.5) is 5.69 Å². The first kappa shape index (κ1) is 12.0. The average molecular weight is 263 g/mol. The summed E-state index contributed by atoms with van der Waals surface area (Å²) in [5.41, 5.74) is 2.64. The summed E-state index contributed by atoms with van der Waals surface area (Å²) in [5, 5.41) is 13.8. The van der Waals surface area contributed by atoms with Gasteiger partial charge in [-0.15, -0.1) is 0 Å². The van der Waals surface area contributed by atoms with E-state index < -0.39 is 0 Å². The van der Waals surface area contributed by atoms with Gasteiger partial charge in [0, 0.05) is 13.6 Å². The van der Waals surface area contributed by atoms with Crippen molar-refractivity contribution in [2.75, 3.05) is 11.9 Å². The highest BCUT2D eigenvalue weighted by molar-refractivity contribution is 7.07. The molecule has 2 aromatic rings. The van der Waals surface area contributed by atoms with Gasteiger partial charge in [0.15, 0.2) is 0 Å². The summed E-state index contributed by atoms with van der Waals surface area (Å²) in [6, 6.07) is 9.75. The molecule has 0 bridgehead atoms. The van der Waals surface area contributed by atoms with Gasteiger partial charge in [0.05, 0.1) is 16.3 Å². The van der Waals surface area contributed by atoms with Crippen molar-refractivity contribution < 1.29 is 0 Å². The maximum atomic E-state index is 9.12. The molecule has 1 heterocycles. The molecule has 17 heavy (non-hydrogen) atoms. The van der Waals surface area contributed by atoms with Gasteiger partial charge in [-0.1, -0.05) is 17.7 Å². The highest BCUT2D eigenvalue weighted by atomic mass is 35.5. The lowest BCUT2D eigenvalue weighted by molar-refractivity contribution is 0.925. The monoisotopic (exact) mass is 262 g/mol. The van der Waals surface area contributed by atoms with Crippen LogP contribution >= 0.6 is 22.9 Å². The lowest BCUT2D eigenvalue weighted by atomic mass is 10.1. The number of hydrogen-bond donors (Lipinski definition) is 0. The minimum atomic E-state index is 0.502. The minimum Gasteiger partial charge on any atom is -0.369 e. The second-order valence-corrected chi connectivity index (χ2v) is 4.92. The Morgan fingerprint density at radius 1 is 1.41 bits per heavy atom. The Labute approximate surface area is 110 Å². The Morgan fingerprint density at radius 2 is 2.24 bits per heavy atom. The van der Waals surface area contributed by atoms with E-state index in [1.54, 1.807) is 17.4 Å². The van der Waals surface area contributed by atoms with E-state index in [-0.39, 0.29) is 0 Å². The number of rotatable bonds is 3. The van der Waals surface area contributed by atoms with Gasteiger partial charge < -0.3 is 4.90 Å². The van der Waals surface area contributed by atoms with Crippen LogP contribution in [0.1, 0.15) is 11.1 Å². The lowest BCUT2D eigenvalue weighted by Crippen LogP contribution is -2.17. The van der Waals surface area contributed by atoms with Crippen LogP contribution in [-0.2, 0) is 6.54 Å². The maximum absolute atomic E-state index is 9.12. The molecule has 0 atom stereocenters. The van der Waals surface area contributed by atoms with E-state index >= 15 is 0 Å². The molecular weight excluding hydrogens is 252 g/mol. The van der Waals surface area contributed by atoms with E-state index in [4.69, 9.17) is 16.9 Å². The fourth-order valence-corrected chi connectivity index (χ4v) is 2.55. The summed E-state index contributed by atoms with van der Waals surface area (Å²) in [5.74, 6) is 0. The molecule has 0 N–H and O–H groups in total. The van der Waals surface area contributed by atoms with E-state index in [1.165, 1.54) is 5.56 Å². The van der Waals surface area contributed by atoms with E-state index in [2.05, 4.69) is 17.5 Å².